The molecule has 0 aromatic carbocycles. The number of hydrogen-bond acceptors (Lipinski definition) is 5. The number of amides is 2. The number of rotatable bonds is 6. The number of thiophene rings is 1. The quantitative estimate of drug-likeness (QED) is 0.859. The molecule has 1 aliphatic heterocycles. The van der Waals surface area contributed by atoms with Crippen molar-refractivity contribution >= 4 is 40.6 Å². The number of pyridine rings is 1. The summed E-state index contributed by atoms with van der Waals surface area (Å²) in [7, 11) is 0. The molecule has 5 nitrogen and oxygen atoms in total. The van der Waals surface area contributed by atoms with Crippen molar-refractivity contribution in [1.29, 1.82) is 0 Å². The van der Waals surface area contributed by atoms with Gasteiger partial charge in [-0.05, 0) is 30.0 Å². The number of nitrogens with zero attached hydrogens (tertiary/aromatic N) is 2. The van der Waals surface area contributed by atoms with Crippen molar-refractivity contribution in [2.45, 2.75) is 24.3 Å². The highest BCUT2D eigenvalue weighted by Crippen LogP contribution is 2.32. The lowest BCUT2D eigenvalue weighted by atomic mass is 10.2. The number of carbonyl (C=O) groups is 2. The standard InChI is InChI=1S/C17H19N3O2S2/c21-15(18-9-7-13-3-2-11-23-13)5-6-16(22)20-10-12-24-17-14(20)4-1-8-19-17/h1-4,8,11H,5-7,9-10,12H2,(H,18,21). The van der Waals surface area contributed by atoms with Crippen LogP contribution in [0, 0.1) is 0 Å². The van der Waals surface area contributed by atoms with Gasteiger partial charge in [0.05, 0.1) is 5.69 Å². The first kappa shape index (κ1) is 17.0. The number of aromatic nitrogens is 1. The molecule has 2 amide bonds. The van der Waals surface area contributed by atoms with Gasteiger partial charge in [-0.3, -0.25) is 9.59 Å². The largest absolute Gasteiger partial charge is 0.356 e. The summed E-state index contributed by atoms with van der Waals surface area (Å²) in [5, 5.41) is 5.79. The highest BCUT2D eigenvalue weighted by molar-refractivity contribution is 7.99. The molecule has 2 aromatic heterocycles. The lowest BCUT2D eigenvalue weighted by Crippen LogP contribution is -2.36. The minimum absolute atomic E-state index is 0.0158. The summed E-state index contributed by atoms with van der Waals surface area (Å²) in [6.07, 6.45) is 3.02. The first-order chi connectivity index (χ1) is 11.7. The molecule has 24 heavy (non-hydrogen) atoms. The summed E-state index contributed by atoms with van der Waals surface area (Å²) in [6, 6.07) is 7.81. The molecule has 0 aliphatic carbocycles. The van der Waals surface area contributed by atoms with Crippen molar-refractivity contribution in [2.75, 3.05) is 23.7 Å². The third-order valence-corrected chi connectivity index (χ3v) is 5.65. The fraction of sp³-hybridized carbons (Fsp3) is 0.353. The van der Waals surface area contributed by atoms with Crippen LogP contribution >= 0.6 is 23.1 Å². The van der Waals surface area contributed by atoms with Gasteiger partial charge in [-0.25, -0.2) is 4.98 Å². The number of anilines is 1. The molecule has 0 radical (unpaired) electrons. The Hall–Kier alpha value is -1.86. The maximum absolute atomic E-state index is 12.4. The van der Waals surface area contributed by atoms with Crippen LogP contribution in [-0.2, 0) is 16.0 Å². The predicted molar refractivity (Wildman–Crippen MR) is 97.6 cm³/mol. The van der Waals surface area contributed by atoms with Crippen molar-refractivity contribution in [3.63, 3.8) is 0 Å². The van der Waals surface area contributed by atoms with Gasteiger partial charge in [-0.15, -0.1) is 23.1 Å². The lowest BCUT2D eigenvalue weighted by molar-refractivity contribution is -0.125. The number of hydrogen-bond donors (Lipinski definition) is 1. The first-order valence-corrected chi connectivity index (χ1v) is 9.78. The molecular formula is C17H19N3O2S2. The van der Waals surface area contributed by atoms with Crippen molar-refractivity contribution in [2.24, 2.45) is 0 Å². The average molecular weight is 361 g/mol. The van der Waals surface area contributed by atoms with Gasteiger partial charge in [-0.1, -0.05) is 6.07 Å². The second-order valence-corrected chi connectivity index (χ2v) is 7.52. The highest BCUT2D eigenvalue weighted by atomic mass is 32.2. The summed E-state index contributed by atoms with van der Waals surface area (Å²) in [4.78, 5) is 31.6. The van der Waals surface area contributed by atoms with Gasteiger partial charge in [0.1, 0.15) is 5.03 Å². The summed E-state index contributed by atoms with van der Waals surface area (Å²) >= 11 is 3.35. The zero-order valence-corrected chi connectivity index (χ0v) is 14.9. The van der Waals surface area contributed by atoms with Gasteiger partial charge in [0.25, 0.3) is 0 Å². The van der Waals surface area contributed by atoms with Crippen LogP contribution in [0.5, 0.6) is 0 Å². The van der Waals surface area contributed by atoms with Crippen LogP contribution in [0.25, 0.3) is 0 Å². The molecule has 3 rings (SSSR count). The fourth-order valence-electron chi connectivity index (χ4n) is 2.54. The molecule has 0 saturated carbocycles. The lowest BCUT2D eigenvalue weighted by Gasteiger charge is -2.28. The van der Waals surface area contributed by atoms with Crippen LogP contribution in [0.1, 0.15) is 17.7 Å². The molecule has 0 fully saturated rings. The molecule has 0 unspecified atom stereocenters. The Balaban J connectivity index is 1.45. The molecule has 0 saturated heterocycles. The smallest absolute Gasteiger partial charge is 0.227 e. The monoisotopic (exact) mass is 361 g/mol. The molecule has 0 spiro atoms. The second-order valence-electron chi connectivity index (χ2n) is 5.40. The molecular weight excluding hydrogens is 342 g/mol. The number of fused-ring (bicyclic) bond motifs is 1. The van der Waals surface area contributed by atoms with Crippen molar-refractivity contribution in [1.82, 2.24) is 10.3 Å². The molecule has 0 bridgehead atoms. The summed E-state index contributed by atoms with van der Waals surface area (Å²) in [6.45, 7) is 1.28. The van der Waals surface area contributed by atoms with E-state index in [1.807, 2.05) is 23.6 Å². The van der Waals surface area contributed by atoms with E-state index in [-0.39, 0.29) is 24.7 Å². The number of carbonyl (C=O) groups excluding carboxylic acids is 2. The fourth-order valence-corrected chi connectivity index (χ4v) is 4.17. The second kappa shape index (κ2) is 8.30. The van der Waals surface area contributed by atoms with Crippen molar-refractivity contribution < 1.29 is 9.59 Å². The third kappa shape index (κ3) is 4.36. The molecule has 2 aromatic rings. The van der Waals surface area contributed by atoms with Gasteiger partial charge < -0.3 is 10.2 Å². The van der Waals surface area contributed by atoms with Crippen LogP contribution in [0.2, 0.25) is 0 Å². The maximum Gasteiger partial charge on any atom is 0.227 e. The average Bonchev–Trinajstić information content (AvgIpc) is 3.12. The minimum Gasteiger partial charge on any atom is -0.356 e. The SMILES string of the molecule is O=C(CCC(=O)N1CCSc2ncccc21)NCCc1cccs1. The van der Waals surface area contributed by atoms with Crippen LogP contribution in [-0.4, -0.2) is 35.6 Å². The van der Waals surface area contributed by atoms with E-state index in [2.05, 4.69) is 16.4 Å². The molecule has 126 valence electrons. The maximum atomic E-state index is 12.4. The van der Waals surface area contributed by atoms with Gasteiger partial charge in [-0.2, -0.15) is 0 Å². The van der Waals surface area contributed by atoms with E-state index in [9.17, 15) is 9.59 Å². The van der Waals surface area contributed by atoms with Gasteiger partial charge in [0, 0.05) is 42.8 Å². The van der Waals surface area contributed by atoms with Gasteiger partial charge in [0.15, 0.2) is 0 Å². The molecule has 1 N–H and O–H groups in total. The van der Waals surface area contributed by atoms with Crippen LogP contribution < -0.4 is 10.2 Å². The van der Waals surface area contributed by atoms with E-state index in [1.54, 1.807) is 34.2 Å². The van der Waals surface area contributed by atoms with E-state index in [0.717, 1.165) is 22.9 Å². The highest BCUT2D eigenvalue weighted by Gasteiger charge is 2.23. The predicted octanol–water partition coefficient (Wildman–Crippen LogP) is 2.72. The Labute approximate surface area is 149 Å². The van der Waals surface area contributed by atoms with Crippen molar-refractivity contribution in [3.8, 4) is 0 Å². The van der Waals surface area contributed by atoms with Gasteiger partial charge >= 0.3 is 0 Å². The first-order valence-electron chi connectivity index (χ1n) is 7.91. The zero-order valence-electron chi connectivity index (χ0n) is 13.2. The number of nitrogens with one attached hydrogen (secondary N) is 1. The molecule has 3 heterocycles. The normalized spacial score (nSPS) is 13.4. The van der Waals surface area contributed by atoms with E-state index in [4.69, 9.17) is 0 Å². The Bertz CT molecular complexity index is 704. The molecule has 7 heteroatoms. The van der Waals surface area contributed by atoms with E-state index < -0.39 is 0 Å². The Morgan fingerprint density at radius 3 is 3.00 bits per heavy atom. The topological polar surface area (TPSA) is 62.3 Å². The van der Waals surface area contributed by atoms with E-state index in [0.29, 0.717) is 13.1 Å². The van der Waals surface area contributed by atoms with Crippen LogP contribution in [0.15, 0.2) is 40.9 Å². The minimum atomic E-state index is -0.0716. The van der Waals surface area contributed by atoms with Crippen LogP contribution in [0.3, 0.4) is 0 Å². The third-order valence-electron chi connectivity index (χ3n) is 3.74. The van der Waals surface area contributed by atoms with Crippen molar-refractivity contribution in [3.05, 3.63) is 40.7 Å². The zero-order chi connectivity index (χ0) is 16.8. The Morgan fingerprint density at radius 1 is 1.25 bits per heavy atom. The van der Waals surface area contributed by atoms with Crippen LogP contribution in [0.4, 0.5) is 5.69 Å². The Morgan fingerprint density at radius 2 is 2.17 bits per heavy atom. The van der Waals surface area contributed by atoms with Gasteiger partial charge in [0.2, 0.25) is 11.8 Å². The van der Waals surface area contributed by atoms with E-state index in [1.165, 1.54) is 4.88 Å². The summed E-state index contributed by atoms with van der Waals surface area (Å²) < 4.78 is 0. The Kier molecular flexibility index (Phi) is 5.87. The summed E-state index contributed by atoms with van der Waals surface area (Å²) in [5.74, 6) is 0.749. The number of thioether (sulfide) groups is 1. The summed E-state index contributed by atoms with van der Waals surface area (Å²) in [5.41, 5.74) is 0.858. The van der Waals surface area contributed by atoms with E-state index >= 15 is 0 Å². The molecule has 0 atom stereocenters. The molecule has 1 aliphatic rings.